The van der Waals surface area contributed by atoms with Gasteiger partial charge in [-0.1, -0.05) is 18.2 Å². The Kier molecular flexibility index (Phi) is 4.94. The number of hydrogen-bond donors (Lipinski definition) is 1. The first kappa shape index (κ1) is 18.3. The molecule has 1 heterocycles. The average Bonchev–Trinajstić information content (AvgIpc) is 2.91. The number of ether oxygens (including phenoxy) is 3. The van der Waals surface area contributed by atoms with Crippen LogP contribution in [0, 0.1) is 5.92 Å². The highest BCUT2D eigenvalue weighted by molar-refractivity contribution is 5.99. The number of anilines is 1. The second kappa shape index (κ2) is 7.54. The highest BCUT2D eigenvalue weighted by Crippen LogP contribution is 2.47. The fraction of sp³-hybridized carbons (Fsp3) is 0.364. The molecule has 0 bridgehead atoms. The SMILES string of the molecule is COc1ccc([C@@H]2CC(=O)[C@H]3C=Nc4ccccc4N[C@H]3C2)c(OC)c1OC. The van der Waals surface area contributed by atoms with Gasteiger partial charge in [0, 0.05) is 24.2 Å². The summed E-state index contributed by atoms with van der Waals surface area (Å²) in [6.07, 6.45) is 3.04. The Morgan fingerprint density at radius 2 is 1.79 bits per heavy atom. The minimum absolute atomic E-state index is 0.0172. The van der Waals surface area contributed by atoms with Gasteiger partial charge in [0.25, 0.3) is 0 Å². The van der Waals surface area contributed by atoms with Crippen LogP contribution in [-0.4, -0.2) is 39.4 Å². The van der Waals surface area contributed by atoms with E-state index in [9.17, 15) is 4.79 Å². The van der Waals surface area contributed by atoms with Gasteiger partial charge >= 0.3 is 0 Å². The Labute approximate surface area is 164 Å². The van der Waals surface area contributed by atoms with Crippen molar-refractivity contribution in [3.8, 4) is 17.2 Å². The van der Waals surface area contributed by atoms with Gasteiger partial charge in [-0.15, -0.1) is 0 Å². The summed E-state index contributed by atoms with van der Waals surface area (Å²) in [4.78, 5) is 17.5. The van der Waals surface area contributed by atoms with E-state index < -0.39 is 0 Å². The number of para-hydroxylation sites is 2. The summed E-state index contributed by atoms with van der Waals surface area (Å²) in [5.41, 5.74) is 2.78. The molecule has 0 radical (unpaired) electrons. The van der Waals surface area contributed by atoms with Gasteiger partial charge in [-0.25, -0.2) is 0 Å². The standard InChI is InChI=1S/C22H24N2O4/c1-26-20-9-8-14(21(27-2)22(20)28-3)13-10-18-15(19(25)11-13)12-23-16-6-4-5-7-17(16)24-18/h4-9,12-13,15,18,24H,10-11H2,1-3H3/t13-,15-,18-/m0/s1. The monoisotopic (exact) mass is 380 g/mol. The average molecular weight is 380 g/mol. The summed E-state index contributed by atoms with van der Waals surface area (Å²) < 4.78 is 16.6. The zero-order chi connectivity index (χ0) is 19.7. The van der Waals surface area contributed by atoms with Gasteiger partial charge in [-0.2, -0.15) is 0 Å². The van der Waals surface area contributed by atoms with Gasteiger partial charge in [0.1, 0.15) is 5.78 Å². The maximum Gasteiger partial charge on any atom is 0.203 e. The lowest BCUT2D eigenvalue weighted by Crippen LogP contribution is -2.41. The number of hydrogen-bond acceptors (Lipinski definition) is 6. The molecular weight excluding hydrogens is 356 g/mol. The lowest BCUT2D eigenvalue weighted by Gasteiger charge is -2.34. The first-order valence-corrected chi connectivity index (χ1v) is 9.37. The normalized spacial score (nSPS) is 23.1. The summed E-state index contributed by atoms with van der Waals surface area (Å²) in [5.74, 6) is 1.77. The van der Waals surface area contributed by atoms with Crippen molar-refractivity contribution >= 4 is 23.4 Å². The molecule has 2 aromatic rings. The first-order chi connectivity index (χ1) is 13.7. The molecule has 0 aromatic heterocycles. The summed E-state index contributed by atoms with van der Waals surface area (Å²) in [6, 6.07) is 11.7. The van der Waals surface area contributed by atoms with E-state index in [1.54, 1.807) is 27.5 Å². The molecule has 1 N–H and O–H groups in total. The molecule has 1 aliphatic carbocycles. The van der Waals surface area contributed by atoms with Crippen LogP contribution in [0.2, 0.25) is 0 Å². The van der Waals surface area contributed by atoms with Crippen molar-refractivity contribution in [3.05, 3.63) is 42.0 Å². The number of nitrogens with one attached hydrogen (secondary N) is 1. The Hall–Kier alpha value is -3.02. The third-order valence-electron chi connectivity index (χ3n) is 5.58. The van der Waals surface area contributed by atoms with Crippen molar-refractivity contribution in [3.63, 3.8) is 0 Å². The van der Waals surface area contributed by atoms with E-state index in [4.69, 9.17) is 14.2 Å². The summed E-state index contributed by atoms with van der Waals surface area (Å²) in [6.45, 7) is 0. The van der Waals surface area contributed by atoms with Gasteiger partial charge < -0.3 is 19.5 Å². The predicted octanol–water partition coefficient (Wildman–Crippen LogP) is 3.97. The Morgan fingerprint density at radius 1 is 1.00 bits per heavy atom. The van der Waals surface area contributed by atoms with Crippen molar-refractivity contribution in [2.75, 3.05) is 26.6 Å². The van der Waals surface area contributed by atoms with E-state index in [0.717, 1.165) is 23.4 Å². The van der Waals surface area contributed by atoms with E-state index in [2.05, 4.69) is 10.3 Å². The molecule has 1 aliphatic heterocycles. The van der Waals surface area contributed by atoms with Gasteiger partial charge in [0.15, 0.2) is 11.5 Å². The number of methoxy groups -OCH3 is 3. The molecule has 2 aliphatic rings. The molecule has 1 saturated carbocycles. The third kappa shape index (κ3) is 3.09. The maximum atomic E-state index is 13.0. The lowest BCUT2D eigenvalue weighted by molar-refractivity contribution is -0.123. The van der Waals surface area contributed by atoms with Crippen molar-refractivity contribution in [1.29, 1.82) is 0 Å². The fourth-order valence-corrected chi connectivity index (χ4v) is 4.23. The zero-order valence-corrected chi connectivity index (χ0v) is 16.3. The van der Waals surface area contributed by atoms with Crippen molar-refractivity contribution in [2.24, 2.45) is 10.9 Å². The Balaban J connectivity index is 1.69. The first-order valence-electron chi connectivity index (χ1n) is 9.37. The molecule has 2 aromatic carbocycles. The summed E-state index contributed by atoms with van der Waals surface area (Å²) in [5, 5.41) is 3.54. The largest absolute Gasteiger partial charge is 0.493 e. The number of ketones is 1. The number of nitrogens with zero attached hydrogens (tertiary/aromatic N) is 1. The number of fused-ring (bicyclic) bond motifs is 2. The van der Waals surface area contributed by atoms with E-state index >= 15 is 0 Å². The molecule has 28 heavy (non-hydrogen) atoms. The number of benzene rings is 2. The molecule has 0 spiro atoms. The lowest BCUT2D eigenvalue weighted by atomic mass is 9.74. The Morgan fingerprint density at radius 3 is 2.54 bits per heavy atom. The second-order valence-corrected chi connectivity index (χ2v) is 7.10. The van der Waals surface area contributed by atoms with Crippen LogP contribution in [0.3, 0.4) is 0 Å². The van der Waals surface area contributed by atoms with Crippen LogP contribution in [0.1, 0.15) is 24.3 Å². The number of carbonyl (C=O) groups is 1. The van der Waals surface area contributed by atoms with E-state index in [1.165, 1.54) is 0 Å². The van der Waals surface area contributed by atoms with E-state index in [-0.39, 0.29) is 23.7 Å². The van der Waals surface area contributed by atoms with E-state index in [1.807, 2.05) is 36.4 Å². The van der Waals surface area contributed by atoms with Crippen LogP contribution in [0.25, 0.3) is 0 Å². The van der Waals surface area contributed by atoms with Crippen LogP contribution in [0.15, 0.2) is 41.4 Å². The Bertz CT molecular complexity index is 925. The fourth-order valence-electron chi connectivity index (χ4n) is 4.23. The van der Waals surface area contributed by atoms with Gasteiger partial charge in [0.05, 0.1) is 38.6 Å². The van der Waals surface area contributed by atoms with Crippen molar-refractivity contribution < 1.29 is 19.0 Å². The third-order valence-corrected chi connectivity index (χ3v) is 5.58. The zero-order valence-electron chi connectivity index (χ0n) is 16.3. The number of aliphatic imine (C=N–C) groups is 1. The minimum atomic E-state index is -0.227. The maximum absolute atomic E-state index is 13.0. The molecule has 6 nitrogen and oxygen atoms in total. The molecule has 0 saturated heterocycles. The molecule has 1 fully saturated rings. The molecule has 0 amide bonds. The molecular formula is C22H24N2O4. The molecule has 4 rings (SSSR count). The number of carbonyl (C=O) groups excluding carboxylic acids is 1. The second-order valence-electron chi connectivity index (χ2n) is 7.10. The van der Waals surface area contributed by atoms with Gasteiger partial charge in [-0.05, 0) is 30.5 Å². The molecule has 0 unspecified atom stereocenters. The van der Waals surface area contributed by atoms with Crippen molar-refractivity contribution in [2.45, 2.75) is 24.8 Å². The van der Waals surface area contributed by atoms with E-state index in [0.29, 0.717) is 23.7 Å². The quantitative estimate of drug-likeness (QED) is 0.869. The molecule has 6 heteroatoms. The van der Waals surface area contributed by atoms with Gasteiger partial charge in [0.2, 0.25) is 5.75 Å². The van der Waals surface area contributed by atoms with Crippen LogP contribution in [0.4, 0.5) is 11.4 Å². The predicted molar refractivity (Wildman–Crippen MR) is 109 cm³/mol. The molecule has 146 valence electrons. The van der Waals surface area contributed by atoms with Crippen molar-refractivity contribution in [1.82, 2.24) is 0 Å². The number of Topliss-reactive ketones (excluding diaryl/α,β-unsaturated/α-hetero) is 1. The highest BCUT2D eigenvalue weighted by atomic mass is 16.5. The highest BCUT2D eigenvalue weighted by Gasteiger charge is 2.39. The number of rotatable bonds is 4. The van der Waals surface area contributed by atoms with Crippen LogP contribution >= 0.6 is 0 Å². The van der Waals surface area contributed by atoms with Crippen LogP contribution in [-0.2, 0) is 4.79 Å². The molecule has 3 atom stereocenters. The minimum Gasteiger partial charge on any atom is -0.493 e. The van der Waals surface area contributed by atoms with Crippen LogP contribution < -0.4 is 19.5 Å². The summed E-state index contributed by atoms with van der Waals surface area (Å²) in [7, 11) is 4.80. The summed E-state index contributed by atoms with van der Waals surface area (Å²) >= 11 is 0. The smallest absolute Gasteiger partial charge is 0.203 e. The van der Waals surface area contributed by atoms with Crippen LogP contribution in [0.5, 0.6) is 17.2 Å². The topological polar surface area (TPSA) is 69.2 Å². The van der Waals surface area contributed by atoms with Gasteiger partial charge in [-0.3, -0.25) is 9.79 Å².